The number of rotatable bonds is 4. The van der Waals surface area contributed by atoms with Gasteiger partial charge >= 0.3 is 0 Å². The lowest BCUT2D eigenvalue weighted by atomic mass is 9.92. The molecule has 29 heavy (non-hydrogen) atoms. The Hall–Kier alpha value is -2.88. The van der Waals surface area contributed by atoms with Crippen LogP contribution in [0.4, 0.5) is 5.69 Å². The molecule has 0 saturated heterocycles. The number of halogens is 1. The van der Waals surface area contributed by atoms with Gasteiger partial charge in [0.25, 0.3) is 0 Å². The van der Waals surface area contributed by atoms with Crippen LogP contribution in [0.3, 0.4) is 0 Å². The van der Waals surface area contributed by atoms with Crippen molar-refractivity contribution in [2.75, 3.05) is 19.0 Å². The zero-order valence-electron chi connectivity index (χ0n) is 16.2. The first-order chi connectivity index (χ1) is 14.1. The fraction of sp³-hybridized carbons (Fsp3) is 0.160. The van der Waals surface area contributed by atoms with Crippen molar-refractivity contribution in [3.8, 4) is 0 Å². The average molecular weight is 404 g/mol. The molecule has 1 amide bonds. The van der Waals surface area contributed by atoms with Crippen LogP contribution in [0.1, 0.15) is 27.8 Å². The maximum atomic E-state index is 11.9. The first-order valence-electron chi connectivity index (χ1n) is 9.61. The Kier molecular flexibility index (Phi) is 5.79. The molecule has 4 heteroatoms. The molecule has 0 spiro atoms. The number of aryl methyl sites for hydroxylation is 2. The monoisotopic (exact) mass is 403 g/mol. The van der Waals surface area contributed by atoms with E-state index >= 15 is 0 Å². The molecule has 0 fully saturated rings. The van der Waals surface area contributed by atoms with Crippen LogP contribution in [0.15, 0.2) is 66.7 Å². The van der Waals surface area contributed by atoms with Crippen LogP contribution in [0.5, 0.6) is 0 Å². The fourth-order valence-corrected chi connectivity index (χ4v) is 4.00. The van der Waals surface area contributed by atoms with Gasteiger partial charge in [0, 0.05) is 17.8 Å². The number of carbonyl (C=O) groups excluding carboxylic acids is 1. The molecule has 0 aromatic heterocycles. The topological polar surface area (TPSA) is 38.3 Å². The van der Waals surface area contributed by atoms with Crippen LogP contribution in [0.2, 0.25) is 5.02 Å². The molecule has 0 bridgehead atoms. The Morgan fingerprint density at radius 2 is 1.79 bits per heavy atom. The number of anilines is 1. The highest BCUT2D eigenvalue weighted by atomic mass is 35.5. The Morgan fingerprint density at radius 3 is 2.66 bits per heavy atom. The summed E-state index contributed by atoms with van der Waals surface area (Å²) >= 11 is 6.27. The summed E-state index contributed by atoms with van der Waals surface area (Å²) in [5.41, 5.74) is 7.97. The second-order valence-electron chi connectivity index (χ2n) is 7.12. The number of nitrogens with one attached hydrogen (secondary N) is 1. The molecule has 1 aliphatic carbocycles. The molecule has 3 aromatic rings. The number of benzene rings is 3. The standard InChI is InChI=1S/C25H22ClNO2/c1-29-16-25(28)27-21-7-4-5-17(13-21)14-24-22-8-3-2-6-18(22)9-10-19-15-20(26)11-12-23(19)24/h2-8,11-15H,9-10,16H2,1H3,(H,27,28). The summed E-state index contributed by atoms with van der Waals surface area (Å²) in [6.07, 6.45) is 4.12. The van der Waals surface area contributed by atoms with Gasteiger partial charge in [-0.15, -0.1) is 0 Å². The molecule has 3 aromatic carbocycles. The first kappa shape index (κ1) is 19.4. The predicted octanol–water partition coefficient (Wildman–Crippen LogP) is 5.61. The SMILES string of the molecule is COCC(=O)Nc1cccc(C=C2c3ccccc3CCc3cc(Cl)ccc32)c1. The van der Waals surface area contributed by atoms with Gasteiger partial charge in [0.2, 0.25) is 5.91 Å². The fourth-order valence-electron chi connectivity index (χ4n) is 3.80. The summed E-state index contributed by atoms with van der Waals surface area (Å²) in [5, 5.41) is 3.63. The lowest BCUT2D eigenvalue weighted by Gasteiger charge is -2.13. The third kappa shape index (κ3) is 4.42. The largest absolute Gasteiger partial charge is 0.375 e. The van der Waals surface area contributed by atoms with Gasteiger partial charge in [0.1, 0.15) is 6.61 Å². The Labute approximate surface area is 176 Å². The van der Waals surface area contributed by atoms with Crippen LogP contribution in [-0.4, -0.2) is 19.6 Å². The number of hydrogen-bond acceptors (Lipinski definition) is 2. The van der Waals surface area contributed by atoms with Gasteiger partial charge in [-0.2, -0.15) is 0 Å². The van der Waals surface area contributed by atoms with Gasteiger partial charge in [0.15, 0.2) is 0 Å². The highest BCUT2D eigenvalue weighted by Crippen LogP contribution is 2.36. The molecule has 146 valence electrons. The van der Waals surface area contributed by atoms with E-state index in [4.69, 9.17) is 16.3 Å². The summed E-state index contributed by atoms with van der Waals surface area (Å²) in [6, 6.07) is 22.5. The summed E-state index contributed by atoms with van der Waals surface area (Å²) < 4.78 is 4.89. The van der Waals surface area contributed by atoms with Gasteiger partial charge in [-0.1, -0.05) is 54.1 Å². The summed E-state index contributed by atoms with van der Waals surface area (Å²) in [4.78, 5) is 11.9. The van der Waals surface area contributed by atoms with Crippen LogP contribution < -0.4 is 5.32 Å². The molecular weight excluding hydrogens is 382 g/mol. The van der Waals surface area contributed by atoms with Gasteiger partial charge in [0.05, 0.1) is 0 Å². The van der Waals surface area contributed by atoms with Crippen molar-refractivity contribution in [1.82, 2.24) is 0 Å². The van der Waals surface area contributed by atoms with Gasteiger partial charge < -0.3 is 10.1 Å². The zero-order valence-corrected chi connectivity index (χ0v) is 17.0. The van der Waals surface area contributed by atoms with E-state index in [1.54, 1.807) is 0 Å². The molecule has 1 aliphatic rings. The van der Waals surface area contributed by atoms with Crippen molar-refractivity contribution in [2.24, 2.45) is 0 Å². The second-order valence-corrected chi connectivity index (χ2v) is 7.56. The Morgan fingerprint density at radius 1 is 1.00 bits per heavy atom. The van der Waals surface area contributed by atoms with Gasteiger partial charge in [-0.3, -0.25) is 4.79 Å². The number of fused-ring (bicyclic) bond motifs is 2. The second kappa shape index (κ2) is 8.64. The Balaban J connectivity index is 1.80. The van der Waals surface area contributed by atoms with E-state index in [2.05, 4.69) is 47.8 Å². The van der Waals surface area contributed by atoms with Crippen molar-refractivity contribution in [3.05, 3.63) is 99.6 Å². The normalized spacial score (nSPS) is 14.1. The van der Waals surface area contributed by atoms with Crippen molar-refractivity contribution in [2.45, 2.75) is 12.8 Å². The molecule has 1 N–H and O–H groups in total. The minimum Gasteiger partial charge on any atom is -0.375 e. The molecular formula is C25H22ClNO2. The van der Waals surface area contributed by atoms with Crippen LogP contribution in [-0.2, 0) is 22.4 Å². The number of methoxy groups -OCH3 is 1. The van der Waals surface area contributed by atoms with Crippen molar-refractivity contribution < 1.29 is 9.53 Å². The third-order valence-corrected chi connectivity index (χ3v) is 5.32. The quantitative estimate of drug-likeness (QED) is 0.614. The van der Waals surface area contributed by atoms with E-state index in [1.807, 2.05) is 30.3 Å². The third-order valence-electron chi connectivity index (χ3n) is 5.09. The van der Waals surface area contributed by atoms with Gasteiger partial charge in [-0.25, -0.2) is 0 Å². The highest BCUT2D eigenvalue weighted by molar-refractivity contribution is 6.30. The number of ether oxygens (including phenoxy) is 1. The minimum absolute atomic E-state index is 0.0346. The molecule has 0 aliphatic heterocycles. The van der Waals surface area contributed by atoms with E-state index < -0.39 is 0 Å². The average Bonchev–Trinajstić information content (AvgIpc) is 2.86. The molecule has 0 unspecified atom stereocenters. The van der Waals surface area contributed by atoms with Gasteiger partial charge in [-0.05, 0) is 76.6 Å². The number of carbonyl (C=O) groups is 1. The maximum absolute atomic E-state index is 11.9. The van der Waals surface area contributed by atoms with Crippen LogP contribution in [0, 0.1) is 0 Å². The number of amides is 1. The first-order valence-corrected chi connectivity index (χ1v) is 9.99. The Bertz CT molecular complexity index is 1090. The highest BCUT2D eigenvalue weighted by Gasteiger charge is 2.18. The predicted molar refractivity (Wildman–Crippen MR) is 119 cm³/mol. The van der Waals surface area contributed by atoms with E-state index in [-0.39, 0.29) is 12.5 Å². The molecule has 0 saturated carbocycles. The molecule has 4 rings (SSSR count). The molecule has 0 radical (unpaired) electrons. The zero-order chi connectivity index (χ0) is 20.2. The summed E-state index contributed by atoms with van der Waals surface area (Å²) in [6.45, 7) is 0.0346. The number of hydrogen-bond donors (Lipinski definition) is 1. The minimum atomic E-state index is -0.169. The van der Waals surface area contributed by atoms with E-state index in [1.165, 1.54) is 34.9 Å². The van der Waals surface area contributed by atoms with Crippen molar-refractivity contribution in [1.29, 1.82) is 0 Å². The lowest BCUT2D eigenvalue weighted by Crippen LogP contribution is -2.16. The summed E-state index contributed by atoms with van der Waals surface area (Å²) in [7, 11) is 1.51. The van der Waals surface area contributed by atoms with E-state index in [0.29, 0.717) is 0 Å². The van der Waals surface area contributed by atoms with Crippen molar-refractivity contribution >= 4 is 34.8 Å². The van der Waals surface area contributed by atoms with Crippen LogP contribution in [0.25, 0.3) is 11.6 Å². The smallest absolute Gasteiger partial charge is 0.250 e. The van der Waals surface area contributed by atoms with E-state index in [0.717, 1.165) is 29.1 Å². The molecule has 0 atom stereocenters. The summed E-state index contributed by atoms with van der Waals surface area (Å²) in [5.74, 6) is -0.169. The molecule has 0 heterocycles. The molecule has 3 nitrogen and oxygen atoms in total. The maximum Gasteiger partial charge on any atom is 0.250 e. The van der Waals surface area contributed by atoms with Crippen molar-refractivity contribution in [3.63, 3.8) is 0 Å². The lowest BCUT2D eigenvalue weighted by molar-refractivity contribution is -0.119. The van der Waals surface area contributed by atoms with Crippen LogP contribution >= 0.6 is 11.6 Å². The van der Waals surface area contributed by atoms with E-state index in [9.17, 15) is 4.79 Å².